The number of nitrogens with one attached hydrogen (secondary N) is 1. The van der Waals surface area contributed by atoms with Crippen LogP contribution in [0.1, 0.15) is 12.0 Å². The first-order valence-electron chi connectivity index (χ1n) is 6.40. The molecule has 1 atom stereocenters. The van der Waals surface area contributed by atoms with Crippen molar-refractivity contribution in [1.29, 1.82) is 0 Å². The molecule has 1 fully saturated rings. The van der Waals surface area contributed by atoms with Crippen molar-refractivity contribution in [2.75, 3.05) is 26.7 Å². The topological polar surface area (TPSA) is 58.4 Å². The van der Waals surface area contributed by atoms with Gasteiger partial charge < -0.3 is 5.32 Å². The number of hydrogen-bond acceptors (Lipinski definition) is 4. The van der Waals surface area contributed by atoms with E-state index in [1.54, 1.807) is 0 Å². The molecule has 2 rings (SSSR count). The fourth-order valence-electron chi connectivity index (χ4n) is 2.61. The molecule has 0 aromatic heterocycles. The Morgan fingerprint density at radius 3 is 3.05 bits per heavy atom. The molecule has 0 amide bonds. The zero-order valence-electron chi connectivity index (χ0n) is 10.9. The van der Waals surface area contributed by atoms with Crippen molar-refractivity contribution in [3.63, 3.8) is 0 Å². The van der Waals surface area contributed by atoms with Gasteiger partial charge in [0.15, 0.2) is 0 Å². The van der Waals surface area contributed by atoms with Gasteiger partial charge >= 0.3 is 0 Å². The van der Waals surface area contributed by atoms with Gasteiger partial charge in [0.25, 0.3) is 5.69 Å². The molecule has 5 nitrogen and oxygen atoms in total. The normalized spacial score (nSPS) is 19.8. The van der Waals surface area contributed by atoms with E-state index >= 15 is 0 Å². The zero-order chi connectivity index (χ0) is 13.8. The summed E-state index contributed by atoms with van der Waals surface area (Å²) in [5.74, 6) is 0.143. The lowest BCUT2D eigenvalue weighted by atomic mass is 10.1. The number of nitrogens with zero attached hydrogens (tertiary/aromatic N) is 2. The minimum absolute atomic E-state index is 0.00142. The molecule has 1 aliphatic heterocycles. The van der Waals surface area contributed by atoms with Crippen LogP contribution in [0.25, 0.3) is 0 Å². The number of nitro benzene ring substituents is 1. The fourth-order valence-corrected chi connectivity index (χ4v) is 2.61. The van der Waals surface area contributed by atoms with Gasteiger partial charge in [0.1, 0.15) is 5.82 Å². The Morgan fingerprint density at radius 2 is 2.37 bits per heavy atom. The summed E-state index contributed by atoms with van der Waals surface area (Å²) < 4.78 is 13.2. The maximum Gasteiger partial charge on any atom is 0.274 e. The van der Waals surface area contributed by atoms with Crippen LogP contribution in [-0.4, -0.2) is 36.5 Å². The third-order valence-electron chi connectivity index (χ3n) is 3.49. The van der Waals surface area contributed by atoms with Crippen LogP contribution in [0.15, 0.2) is 18.2 Å². The van der Waals surface area contributed by atoms with Gasteiger partial charge in [-0.1, -0.05) is 0 Å². The molecule has 1 N–H and O–H groups in total. The first kappa shape index (κ1) is 13.9. The van der Waals surface area contributed by atoms with E-state index in [0.717, 1.165) is 32.1 Å². The summed E-state index contributed by atoms with van der Waals surface area (Å²) in [4.78, 5) is 12.6. The summed E-state index contributed by atoms with van der Waals surface area (Å²) in [6.07, 6.45) is 1.07. The number of halogens is 1. The van der Waals surface area contributed by atoms with Gasteiger partial charge in [0.05, 0.1) is 4.92 Å². The van der Waals surface area contributed by atoms with E-state index in [9.17, 15) is 14.5 Å². The number of nitro groups is 1. The van der Waals surface area contributed by atoms with Gasteiger partial charge in [0.2, 0.25) is 0 Å². The van der Waals surface area contributed by atoms with E-state index in [4.69, 9.17) is 0 Å². The average molecular weight is 267 g/mol. The monoisotopic (exact) mass is 267 g/mol. The quantitative estimate of drug-likeness (QED) is 0.652. The van der Waals surface area contributed by atoms with Crippen LogP contribution in [-0.2, 0) is 6.54 Å². The standard InChI is InChI=1S/C13H18FN3O2/c1-15-7-10-4-5-16(8-10)9-11-6-12(14)2-3-13(11)17(18)19/h2-3,6,10,15H,4-5,7-9H2,1H3. The highest BCUT2D eigenvalue weighted by Gasteiger charge is 2.24. The SMILES string of the molecule is CNCC1CCN(Cc2cc(F)ccc2[N+](=O)[O-])C1. The van der Waals surface area contributed by atoms with E-state index in [1.807, 2.05) is 7.05 Å². The maximum atomic E-state index is 13.2. The van der Waals surface area contributed by atoms with Gasteiger partial charge in [-0.2, -0.15) is 0 Å². The van der Waals surface area contributed by atoms with E-state index in [-0.39, 0.29) is 5.69 Å². The number of rotatable bonds is 5. The van der Waals surface area contributed by atoms with Crippen LogP contribution < -0.4 is 5.32 Å². The van der Waals surface area contributed by atoms with Gasteiger partial charge in [-0.25, -0.2) is 4.39 Å². The second-order valence-electron chi connectivity index (χ2n) is 4.98. The minimum Gasteiger partial charge on any atom is -0.319 e. The van der Waals surface area contributed by atoms with Crippen molar-refractivity contribution < 1.29 is 9.31 Å². The molecule has 0 radical (unpaired) electrons. The fraction of sp³-hybridized carbons (Fsp3) is 0.538. The largest absolute Gasteiger partial charge is 0.319 e. The Balaban J connectivity index is 2.07. The second-order valence-corrected chi connectivity index (χ2v) is 4.98. The molecule has 1 unspecified atom stereocenters. The van der Waals surface area contributed by atoms with Crippen molar-refractivity contribution in [3.05, 3.63) is 39.7 Å². The third kappa shape index (κ3) is 3.48. The van der Waals surface area contributed by atoms with E-state index in [2.05, 4.69) is 10.2 Å². The Hall–Kier alpha value is -1.53. The molecule has 0 saturated carbocycles. The molecule has 0 bridgehead atoms. The molecular weight excluding hydrogens is 249 g/mol. The first-order valence-corrected chi connectivity index (χ1v) is 6.40. The smallest absolute Gasteiger partial charge is 0.274 e. The highest BCUT2D eigenvalue weighted by Crippen LogP contribution is 2.24. The number of likely N-dealkylation sites (tertiary alicyclic amines) is 1. The Labute approximate surface area is 111 Å². The van der Waals surface area contributed by atoms with Gasteiger partial charge in [-0.05, 0) is 44.6 Å². The third-order valence-corrected chi connectivity index (χ3v) is 3.49. The summed E-state index contributed by atoms with van der Waals surface area (Å²) in [5, 5.41) is 14.1. The van der Waals surface area contributed by atoms with Crippen molar-refractivity contribution in [2.45, 2.75) is 13.0 Å². The highest BCUT2D eigenvalue weighted by atomic mass is 19.1. The van der Waals surface area contributed by atoms with Crippen LogP contribution in [0.3, 0.4) is 0 Å². The zero-order valence-corrected chi connectivity index (χ0v) is 10.9. The number of benzene rings is 1. The molecule has 104 valence electrons. The van der Waals surface area contributed by atoms with Gasteiger partial charge in [-0.3, -0.25) is 15.0 Å². The van der Waals surface area contributed by atoms with Crippen molar-refractivity contribution in [3.8, 4) is 0 Å². The summed E-state index contributed by atoms with van der Waals surface area (Å²) in [7, 11) is 1.92. The van der Waals surface area contributed by atoms with Crippen LogP contribution in [0.2, 0.25) is 0 Å². The first-order chi connectivity index (χ1) is 9.10. The molecule has 19 heavy (non-hydrogen) atoms. The van der Waals surface area contributed by atoms with E-state index < -0.39 is 10.7 Å². The predicted octanol–water partition coefficient (Wildman–Crippen LogP) is 1.78. The summed E-state index contributed by atoms with van der Waals surface area (Å²) >= 11 is 0. The Morgan fingerprint density at radius 1 is 1.58 bits per heavy atom. The lowest BCUT2D eigenvalue weighted by Gasteiger charge is -2.16. The Bertz CT molecular complexity index is 467. The molecule has 0 aliphatic carbocycles. The summed E-state index contributed by atoms with van der Waals surface area (Å²) in [6, 6.07) is 3.64. The lowest BCUT2D eigenvalue weighted by Crippen LogP contribution is -2.24. The summed E-state index contributed by atoms with van der Waals surface area (Å²) in [5.41, 5.74) is 0.452. The van der Waals surface area contributed by atoms with Crippen molar-refractivity contribution in [1.82, 2.24) is 10.2 Å². The minimum atomic E-state index is -0.448. The van der Waals surface area contributed by atoms with E-state index in [0.29, 0.717) is 18.0 Å². The van der Waals surface area contributed by atoms with E-state index in [1.165, 1.54) is 12.1 Å². The maximum absolute atomic E-state index is 13.2. The van der Waals surface area contributed by atoms with Crippen LogP contribution >= 0.6 is 0 Å². The second kappa shape index (κ2) is 6.08. The lowest BCUT2D eigenvalue weighted by molar-refractivity contribution is -0.385. The highest BCUT2D eigenvalue weighted by molar-refractivity contribution is 5.40. The molecular formula is C13H18FN3O2. The van der Waals surface area contributed by atoms with Gasteiger partial charge in [0, 0.05) is 24.7 Å². The molecule has 1 heterocycles. The predicted molar refractivity (Wildman–Crippen MR) is 70.4 cm³/mol. The van der Waals surface area contributed by atoms with Crippen LogP contribution in [0, 0.1) is 21.8 Å². The van der Waals surface area contributed by atoms with Crippen LogP contribution in [0.5, 0.6) is 0 Å². The average Bonchev–Trinajstić information content (AvgIpc) is 2.77. The van der Waals surface area contributed by atoms with Crippen LogP contribution in [0.4, 0.5) is 10.1 Å². The molecule has 0 spiro atoms. The molecule has 1 saturated heterocycles. The van der Waals surface area contributed by atoms with Gasteiger partial charge in [-0.15, -0.1) is 0 Å². The molecule has 1 aromatic carbocycles. The number of hydrogen-bond donors (Lipinski definition) is 1. The molecule has 1 aliphatic rings. The summed E-state index contributed by atoms with van der Waals surface area (Å²) in [6.45, 7) is 3.19. The Kier molecular flexibility index (Phi) is 4.44. The van der Waals surface area contributed by atoms with Crippen molar-refractivity contribution >= 4 is 5.69 Å². The molecule has 6 heteroatoms. The molecule has 1 aromatic rings. The van der Waals surface area contributed by atoms with Crippen molar-refractivity contribution in [2.24, 2.45) is 5.92 Å².